The Balaban J connectivity index is 1.28. The van der Waals surface area contributed by atoms with Gasteiger partial charge in [0.05, 0.1) is 32.5 Å². The molecule has 0 bridgehead atoms. The van der Waals surface area contributed by atoms with Gasteiger partial charge < -0.3 is 24.1 Å². The summed E-state index contributed by atoms with van der Waals surface area (Å²) in [5.74, 6) is 1.89. The smallest absolute Gasteiger partial charge is 0.169 e. The molecule has 30 heavy (non-hydrogen) atoms. The molecule has 2 aliphatic heterocycles. The van der Waals surface area contributed by atoms with Gasteiger partial charge in [0.15, 0.2) is 11.6 Å². The zero-order valence-corrected chi connectivity index (χ0v) is 19.0. The van der Waals surface area contributed by atoms with Crippen molar-refractivity contribution >= 4 is 0 Å². The minimum atomic E-state index is -0.467. The first kappa shape index (κ1) is 20.4. The fraction of sp³-hybridized carbons (Fsp3) is 1.00. The molecule has 170 valence electrons. The van der Waals surface area contributed by atoms with Crippen molar-refractivity contribution in [2.75, 3.05) is 26.4 Å². The molecule has 8 atom stereocenters. The topological polar surface area (TPSA) is 57.2 Å². The summed E-state index contributed by atoms with van der Waals surface area (Å²) in [5.41, 5.74) is 0.309. The van der Waals surface area contributed by atoms with Gasteiger partial charge in [0.2, 0.25) is 0 Å². The molecular formula is C25H40O5. The molecule has 6 fully saturated rings. The molecule has 0 unspecified atom stereocenters. The predicted octanol–water partition coefficient (Wildman–Crippen LogP) is 4.12. The Labute approximate surface area is 181 Å². The maximum atomic E-state index is 11.7. The minimum absolute atomic E-state index is 0.108. The van der Waals surface area contributed by atoms with Crippen LogP contribution in [0.25, 0.3) is 0 Å². The molecule has 2 heterocycles. The largest absolute Gasteiger partial charge is 0.393 e. The van der Waals surface area contributed by atoms with Gasteiger partial charge in [-0.3, -0.25) is 0 Å². The van der Waals surface area contributed by atoms with E-state index in [-0.39, 0.29) is 22.7 Å². The molecular weight excluding hydrogens is 380 g/mol. The summed E-state index contributed by atoms with van der Waals surface area (Å²) >= 11 is 0. The van der Waals surface area contributed by atoms with Gasteiger partial charge in [0.25, 0.3) is 0 Å². The van der Waals surface area contributed by atoms with E-state index >= 15 is 0 Å². The standard InChI is InChI=1S/C25H40O5/c1-22-8-9-25(29-12-13-30-25)14-16(22)4-5-17-18-6-7-20(24(3)27-10-11-28-24)23(18,2)15-19(26)21(17)22/h16-21,26H,4-15H2,1-3H3/t16-,17+,18-,19-,20+,21-,22+,23-/m1/s1. The predicted molar refractivity (Wildman–Crippen MR) is 112 cm³/mol. The minimum Gasteiger partial charge on any atom is -0.393 e. The molecule has 5 nitrogen and oxygen atoms in total. The molecule has 4 saturated carbocycles. The Bertz CT molecular complexity index is 683. The number of ether oxygens (including phenoxy) is 4. The molecule has 0 amide bonds. The van der Waals surface area contributed by atoms with Crippen LogP contribution in [0.1, 0.15) is 72.1 Å². The van der Waals surface area contributed by atoms with Gasteiger partial charge in [0, 0.05) is 18.8 Å². The summed E-state index contributed by atoms with van der Waals surface area (Å²) in [7, 11) is 0. The third kappa shape index (κ3) is 2.65. The third-order valence-corrected chi connectivity index (χ3v) is 10.9. The molecule has 6 aliphatic rings. The number of hydrogen-bond acceptors (Lipinski definition) is 5. The van der Waals surface area contributed by atoms with E-state index in [1.54, 1.807) is 0 Å². The van der Waals surface area contributed by atoms with Gasteiger partial charge >= 0.3 is 0 Å². The highest BCUT2D eigenvalue weighted by molar-refractivity contribution is 5.14. The first-order chi connectivity index (χ1) is 14.3. The highest BCUT2D eigenvalue weighted by Gasteiger charge is 2.67. The highest BCUT2D eigenvalue weighted by atomic mass is 16.7. The average molecular weight is 421 g/mol. The van der Waals surface area contributed by atoms with Crippen molar-refractivity contribution in [1.29, 1.82) is 0 Å². The molecule has 5 heteroatoms. The van der Waals surface area contributed by atoms with Crippen LogP contribution in [0.3, 0.4) is 0 Å². The van der Waals surface area contributed by atoms with Crippen molar-refractivity contribution in [3.8, 4) is 0 Å². The normalized spacial score (nSPS) is 54.0. The van der Waals surface area contributed by atoms with Crippen LogP contribution in [0.4, 0.5) is 0 Å². The lowest BCUT2D eigenvalue weighted by Gasteiger charge is -2.63. The van der Waals surface area contributed by atoms with Crippen molar-refractivity contribution in [2.45, 2.75) is 89.8 Å². The van der Waals surface area contributed by atoms with Gasteiger partial charge in [-0.05, 0) is 80.0 Å². The molecule has 6 rings (SSSR count). The number of rotatable bonds is 1. The van der Waals surface area contributed by atoms with E-state index in [0.717, 1.165) is 38.9 Å². The SMILES string of the molecule is CC1([C@H]2CC[C@@H]3[C@@H]4CC[C@@H]5CC6(CC[C@]5(C)[C@H]4[C@H](O)C[C@]32C)OCCO6)OCCO1. The van der Waals surface area contributed by atoms with Crippen molar-refractivity contribution in [3.05, 3.63) is 0 Å². The summed E-state index contributed by atoms with van der Waals surface area (Å²) < 4.78 is 24.5. The molecule has 1 N–H and O–H groups in total. The number of hydrogen-bond donors (Lipinski definition) is 1. The maximum absolute atomic E-state index is 11.7. The molecule has 0 aromatic rings. The summed E-state index contributed by atoms with van der Waals surface area (Å²) in [4.78, 5) is 0. The Morgan fingerprint density at radius 1 is 0.733 bits per heavy atom. The molecule has 2 saturated heterocycles. The number of fused-ring (bicyclic) bond motifs is 5. The van der Waals surface area contributed by atoms with E-state index in [1.807, 2.05) is 0 Å². The summed E-state index contributed by atoms with van der Waals surface area (Å²) in [6, 6.07) is 0. The lowest BCUT2D eigenvalue weighted by Crippen LogP contribution is -2.61. The first-order valence-electron chi connectivity index (χ1n) is 12.5. The van der Waals surface area contributed by atoms with E-state index in [4.69, 9.17) is 18.9 Å². The Morgan fingerprint density at radius 2 is 1.43 bits per heavy atom. The summed E-state index contributed by atoms with van der Waals surface area (Å²) in [6.07, 6.45) is 8.70. The van der Waals surface area contributed by atoms with E-state index in [1.165, 1.54) is 25.7 Å². The zero-order valence-electron chi connectivity index (χ0n) is 19.0. The quantitative estimate of drug-likeness (QED) is 0.691. The second kappa shape index (κ2) is 6.66. The van der Waals surface area contributed by atoms with Crippen molar-refractivity contribution in [2.24, 2.45) is 40.4 Å². The van der Waals surface area contributed by atoms with Gasteiger partial charge in [-0.25, -0.2) is 0 Å². The van der Waals surface area contributed by atoms with Gasteiger partial charge in [-0.15, -0.1) is 0 Å². The fourth-order valence-electron chi connectivity index (χ4n) is 9.67. The van der Waals surface area contributed by atoms with Gasteiger partial charge in [-0.2, -0.15) is 0 Å². The van der Waals surface area contributed by atoms with E-state index in [2.05, 4.69) is 20.8 Å². The number of aliphatic hydroxyl groups excluding tert-OH is 1. The van der Waals surface area contributed by atoms with Crippen molar-refractivity contribution < 1.29 is 24.1 Å². The van der Waals surface area contributed by atoms with Crippen LogP contribution in [-0.4, -0.2) is 49.2 Å². The monoisotopic (exact) mass is 420 g/mol. The van der Waals surface area contributed by atoms with Crippen LogP contribution < -0.4 is 0 Å². The van der Waals surface area contributed by atoms with Crippen LogP contribution >= 0.6 is 0 Å². The Kier molecular flexibility index (Phi) is 4.53. The summed E-state index contributed by atoms with van der Waals surface area (Å²) in [5, 5.41) is 11.7. The second-order valence-corrected chi connectivity index (χ2v) is 12.0. The van der Waals surface area contributed by atoms with E-state index in [0.29, 0.717) is 42.8 Å². The fourth-order valence-corrected chi connectivity index (χ4v) is 9.67. The highest BCUT2D eigenvalue weighted by Crippen LogP contribution is 2.69. The van der Waals surface area contributed by atoms with Gasteiger partial charge in [-0.1, -0.05) is 13.8 Å². The van der Waals surface area contributed by atoms with Crippen LogP contribution in [0.5, 0.6) is 0 Å². The van der Waals surface area contributed by atoms with Crippen LogP contribution in [0.2, 0.25) is 0 Å². The zero-order chi connectivity index (χ0) is 20.8. The first-order valence-corrected chi connectivity index (χ1v) is 12.5. The van der Waals surface area contributed by atoms with Crippen LogP contribution in [-0.2, 0) is 18.9 Å². The van der Waals surface area contributed by atoms with Crippen LogP contribution in [0.15, 0.2) is 0 Å². The molecule has 0 radical (unpaired) electrons. The second-order valence-electron chi connectivity index (χ2n) is 12.0. The molecule has 0 aromatic heterocycles. The van der Waals surface area contributed by atoms with Crippen LogP contribution in [0, 0.1) is 40.4 Å². The molecule has 4 aliphatic carbocycles. The molecule has 0 aromatic carbocycles. The van der Waals surface area contributed by atoms with Crippen molar-refractivity contribution in [3.63, 3.8) is 0 Å². The lowest BCUT2D eigenvalue weighted by atomic mass is 9.43. The third-order valence-electron chi connectivity index (χ3n) is 10.9. The molecule has 1 spiro atoms. The van der Waals surface area contributed by atoms with Crippen molar-refractivity contribution in [1.82, 2.24) is 0 Å². The Morgan fingerprint density at radius 3 is 2.17 bits per heavy atom. The van der Waals surface area contributed by atoms with E-state index < -0.39 is 5.79 Å². The maximum Gasteiger partial charge on any atom is 0.169 e. The Hall–Kier alpha value is -0.200. The summed E-state index contributed by atoms with van der Waals surface area (Å²) in [6.45, 7) is 9.96. The van der Waals surface area contributed by atoms with Gasteiger partial charge in [0.1, 0.15) is 0 Å². The van der Waals surface area contributed by atoms with E-state index in [9.17, 15) is 5.11 Å². The lowest BCUT2D eigenvalue weighted by molar-refractivity contribution is -0.254. The average Bonchev–Trinajstić information content (AvgIpc) is 3.41. The number of aliphatic hydroxyl groups is 1.